The van der Waals surface area contributed by atoms with Crippen LogP contribution in [-0.2, 0) is 0 Å². The van der Waals surface area contributed by atoms with Crippen LogP contribution in [0.3, 0.4) is 0 Å². The Kier molecular flexibility index (Phi) is 6.32. The highest BCUT2D eigenvalue weighted by atomic mass is 16.3. The summed E-state index contributed by atoms with van der Waals surface area (Å²) in [5.41, 5.74) is 0.259. The minimum Gasteiger partial charge on any atom is -0.393 e. The van der Waals surface area contributed by atoms with E-state index in [9.17, 15) is 5.11 Å². The molecular formula is C17H35NO. The maximum atomic E-state index is 10.0. The first-order valence-corrected chi connectivity index (χ1v) is 8.25. The summed E-state index contributed by atoms with van der Waals surface area (Å²) in [4.78, 5) is 2.63. The lowest BCUT2D eigenvalue weighted by atomic mass is 9.78. The lowest BCUT2D eigenvalue weighted by Gasteiger charge is -2.54. The Hall–Kier alpha value is -0.0800. The van der Waals surface area contributed by atoms with E-state index >= 15 is 0 Å². The van der Waals surface area contributed by atoms with Gasteiger partial charge in [0.1, 0.15) is 0 Å². The molecular weight excluding hydrogens is 234 g/mol. The molecule has 0 bridgehead atoms. The molecule has 1 fully saturated rings. The van der Waals surface area contributed by atoms with Gasteiger partial charge in [0.15, 0.2) is 0 Å². The van der Waals surface area contributed by atoms with Gasteiger partial charge in [-0.25, -0.2) is 0 Å². The Bertz CT molecular complexity index is 242. The Morgan fingerprint density at radius 2 is 1.37 bits per heavy atom. The number of piperidine rings is 1. The van der Waals surface area contributed by atoms with Gasteiger partial charge in [0.05, 0.1) is 6.10 Å². The van der Waals surface area contributed by atoms with E-state index in [1.807, 2.05) is 0 Å². The molecule has 0 amide bonds. The highest BCUT2D eigenvalue weighted by Gasteiger charge is 2.44. The normalized spacial score (nSPS) is 23.7. The van der Waals surface area contributed by atoms with E-state index in [-0.39, 0.29) is 17.2 Å². The zero-order chi connectivity index (χ0) is 14.5. The monoisotopic (exact) mass is 269 g/mol. The average Bonchev–Trinajstić information content (AvgIpc) is 2.23. The van der Waals surface area contributed by atoms with Crippen LogP contribution in [0, 0.1) is 0 Å². The fourth-order valence-corrected chi connectivity index (χ4v) is 3.92. The molecule has 0 saturated carbocycles. The molecule has 0 aromatic carbocycles. The van der Waals surface area contributed by atoms with Crippen molar-refractivity contribution in [1.82, 2.24) is 4.90 Å². The van der Waals surface area contributed by atoms with Crippen molar-refractivity contribution in [2.75, 3.05) is 6.54 Å². The topological polar surface area (TPSA) is 23.5 Å². The first-order chi connectivity index (χ1) is 8.79. The summed E-state index contributed by atoms with van der Waals surface area (Å²) in [6.45, 7) is 12.6. The second-order valence-electron chi connectivity index (χ2n) is 7.61. The molecule has 1 heterocycles. The summed E-state index contributed by atoms with van der Waals surface area (Å²) in [6, 6.07) is 0. The highest BCUT2D eigenvalue weighted by Crippen LogP contribution is 2.38. The molecule has 0 atom stereocenters. The molecule has 0 unspecified atom stereocenters. The van der Waals surface area contributed by atoms with Gasteiger partial charge in [0, 0.05) is 11.1 Å². The summed E-state index contributed by atoms with van der Waals surface area (Å²) in [6.07, 6.45) is 9.81. The highest BCUT2D eigenvalue weighted by molar-refractivity contribution is 4.99. The third-order valence-electron chi connectivity index (χ3n) is 4.67. The van der Waals surface area contributed by atoms with Gasteiger partial charge >= 0.3 is 0 Å². The number of likely N-dealkylation sites (tertiary alicyclic amines) is 1. The fourth-order valence-electron chi connectivity index (χ4n) is 3.92. The molecule has 1 rings (SSSR count). The zero-order valence-electron chi connectivity index (χ0n) is 13.8. The number of hydrogen-bond acceptors (Lipinski definition) is 2. The number of rotatable bonds is 7. The Labute approximate surface area is 120 Å². The van der Waals surface area contributed by atoms with Crippen LogP contribution in [0.2, 0.25) is 0 Å². The van der Waals surface area contributed by atoms with Crippen molar-refractivity contribution in [1.29, 1.82) is 0 Å². The van der Waals surface area contributed by atoms with Gasteiger partial charge in [-0.2, -0.15) is 0 Å². The zero-order valence-corrected chi connectivity index (χ0v) is 13.8. The van der Waals surface area contributed by atoms with Crippen LogP contribution in [0.4, 0.5) is 0 Å². The lowest BCUT2D eigenvalue weighted by molar-refractivity contribution is -0.0810. The molecule has 0 spiro atoms. The molecule has 1 saturated heterocycles. The van der Waals surface area contributed by atoms with E-state index in [2.05, 4.69) is 39.5 Å². The molecule has 19 heavy (non-hydrogen) atoms. The largest absolute Gasteiger partial charge is 0.393 e. The summed E-state index contributed by atoms with van der Waals surface area (Å²) in [5.74, 6) is 0. The maximum Gasteiger partial charge on any atom is 0.0575 e. The van der Waals surface area contributed by atoms with Gasteiger partial charge < -0.3 is 5.11 Å². The van der Waals surface area contributed by atoms with Crippen molar-refractivity contribution in [3.8, 4) is 0 Å². The number of aliphatic hydroxyl groups excluding tert-OH is 1. The third-order valence-corrected chi connectivity index (χ3v) is 4.67. The van der Waals surface area contributed by atoms with E-state index < -0.39 is 0 Å². The summed E-state index contributed by atoms with van der Waals surface area (Å²) >= 11 is 0. The SMILES string of the molecule is CCCCCCCCN1C(C)(C)CC(O)CC1(C)C. The molecule has 1 N–H and O–H groups in total. The molecule has 0 radical (unpaired) electrons. The van der Waals surface area contributed by atoms with Crippen LogP contribution in [0.15, 0.2) is 0 Å². The number of unbranched alkanes of at least 4 members (excludes halogenated alkanes) is 5. The molecule has 0 aromatic heterocycles. The molecule has 2 nitrogen and oxygen atoms in total. The maximum absolute atomic E-state index is 10.0. The van der Waals surface area contributed by atoms with E-state index in [0.29, 0.717) is 0 Å². The van der Waals surface area contributed by atoms with Crippen molar-refractivity contribution in [3.05, 3.63) is 0 Å². The molecule has 2 heteroatoms. The first kappa shape index (κ1) is 17.0. The van der Waals surface area contributed by atoms with Gasteiger partial charge in [-0.05, 0) is 53.5 Å². The molecule has 0 aliphatic carbocycles. The van der Waals surface area contributed by atoms with Gasteiger partial charge in [-0.1, -0.05) is 39.0 Å². The van der Waals surface area contributed by atoms with Gasteiger partial charge in [0.2, 0.25) is 0 Å². The Morgan fingerprint density at radius 1 is 0.895 bits per heavy atom. The average molecular weight is 269 g/mol. The van der Waals surface area contributed by atoms with Gasteiger partial charge in [-0.3, -0.25) is 4.90 Å². The smallest absolute Gasteiger partial charge is 0.0575 e. The van der Waals surface area contributed by atoms with Crippen molar-refractivity contribution >= 4 is 0 Å². The quantitative estimate of drug-likeness (QED) is 0.694. The van der Waals surface area contributed by atoms with Crippen LogP contribution < -0.4 is 0 Å². The minimum atomic E-state index is -0.134. The summed E-state index contributed by atoms with van der Waals surface area (Å²) in [7, 11) is 0. The molecule has 1 aliphatic heterocycles. The number of aliphatic hydroxyl groups is 1. The van der Waals surface area contributed by atoms with Crippen LogP contribution in [0.25, 0.3) is 0 Å². The lowest BCUT2D eigenvalue weighted by Crippen LogP contribution is -2.61. The molecule has 114 valence electrons. The molecule has 0 aromatic rings. The fraction of sp³-hybridized carbons (Fsp3) is 1.00. The third kappa shape index (κ3) is 5.07. The van der Waals surface area contributed by atoms with E-state index in [1.165, 1.54) is 45.1 Å². The summed E-state index contributed by atoms with van der Waals surface area (Å²) < 4.78 is 0. The van der Waals surface area contributed by atoms with Crippen LogP contribution >= 0.6 is 0 Å². The van der Waals surface area contributed by atoms with Crippen LogP contribution in [0.1, 0.15) is 86.0 Å². The second kappa shape index (κ2) is 7.08. The first-order valence-electron chi connectivity index (χ1n) is 8.25. The van der Waals surface area contributed by atoms with Crippen molar-refractivity contribution in [3.63, 3.8) is 0 Å². The van der Waals surface area contributed by atoms with Crippen molar-refractivity contribution in [2.24, 2.45) is 0 Å². The standard InChI is InChI=1S/C17H35NO/c1-6-7-8-9-10-11-12-18-16(2,3)13-15(19)14-17(18,4)5/h15,19H,6-14H2,1-5H3. The van der Waals surface area contributed by atoms with E-state index in [4.69, 9.17) is 0 Å². The Morgan fingerprint density at radius 3 is 1.89 bits per heavy atom. The number of hydrogen-bond donors (Lipinski definition) is 1. The van der Waals surface area contributed by atoms with Crippen molar-refractivity contribution < 1.29 is 5.11 Å². The Balaban J connectivity index is 2.41. The van der Waals surface area contributed by atoms with E-state index in [0.717, 1.165) is 12.8 Å². The van der Waals surface area contributed by atoms with E-state index in [1.54, 1.807) is 0 Å². The van der Waals surface area contributed by atoms with Crippen LogP contribution in [0.5, 0.6) is 0 Å². The second-order valence-corrected chi connectivity index (χ2v) is 7.61. The van der Waals surface area contributed by atoms with Crippen LogP contribution in [-0.4, -0.2) is 33.7 Å². The number of nitrogens with zero attached hydrogens (tertiary/aromatic N) is 1. The van der Waals surface area contributed by atoms with Gasteiger partial charge in [0.25, 0.3) is 0 Å². The van der Waals surface area contributed by atoms with Gasteiger partial charge in [-0.15, -0.1) is 0 Å². The predicted molar refractivity (Wildman–Crippen MR) is 83.5 cm³/mol. The minimum absolute atomic E-state index is 0.130. The van der Waals surface area contributed by atoms with Crippen molar-refractivity contribution in [2.45, 2.75) is 103 Å². The predicted octanol–water partition coefficient (Wildman–Crippen LogP) is 4.36. The summed E-state index contributed by atoms with van der Waals surface area (Å²) in [5, 5.41) is 10.0. The molecule has 1 aliphatic rings.